The van der Waals surface area contributed by atoms with E-state index in [2.05, 4.69) is 0 Å². The highest BCUT2D eigenvalue weighted by atomic mass is 32.2. The molecule has 1 saturated heterocycles. The van der Waals surface area contributed by atoms with Gasteiger partial charge in [0.05, 0.1) is 5.92 Å². The van der Waals surface area contributed by atoms with Gasteiger partial charge in [0, 0.05) is 11.0 Å². The summed E-state index contributed by atoms with van der Waals surface area (Å²) in [7, 11) is 0. The first kappa shape index (κ1) is 6.93. The lowest BCUT2D eigenvalue weighted by Crippen LogP contribution is -2.36. The van der Waals surface area contributed by atoms with Gasteiger partial charge in [-0.25, -0.2) is 0 Å². The average Bonchev–Trinajstić information content (AvgIpc) is 1.61. The maximum absolute atomic E-state index is 10.3. The van der Waals surface area contributed by atoms with Crippen LogP contribution in [0.4, 0.5) is 0 Å². The van der Waals surface area contributed by atoms with E-state index in [1.54, 1.807) is 11.8 Å². The van der Waals surface area contributed by atoms with E-state index >= 15 is 0 Å². The van der Waals surface area contributed by atoms with Gasteiger partial charge in [-0.3, -0.25) is 4.79 Å². The van der Waals surface area contributed by atoms with Crippen molar-refractivity contribution in [1.82, 2.24) is 0 Å². The molecule has 52 valence electrons. The zero-order valence-electron chi connectivity index (χ0n) is 5.33. The largest absolute Gasteiger partial charge is 0.481 e. The van der Waals surface area contributed by atoms with Gasteiger partial charge in [-0.05, 0) is 6.42 Å². The van der Waals surface area contributed by atoms with Crippen LogP contribution in [0.25, 0.3) is 0 Å². The zero-order chi connectivity index (χ0) is 6.85. The van der Waals surface area contributed by atoms with Crippen LogP contribution in [0.5, 0.6) is 0 Å². The molecule has 1 aliphatic heterocycles. The number of carboxylic acids is 1. The Hall–Kier alpha value is -0.180. The lowest BCUT2D eigenvalue weighted by Gasteiger charge is -2.31. The summed E-state index contributed by atoms with van der Waals surface area (Å²) in [6.07, 6.45) is 0.988. The van der Waals surface area contributed by atoms with Crippen LogP contribution in [0.2, 0.25) is 0 Å². The van der Waals surface area contributed by atoms with E-state index in [0.29, 0.717) is 5.25 Å². The number of hydrogen-bond acceptors (Lipinski definition) is 2. The summed E-state index contributed by atoms with van der Waals surface area (Å²) in [5, 5.41) is 8.91. The Morgan fingerprint density at radius 2 is 2.56 bits per heavy atom. The third kappa shape index (κ3) is 1.21. The Bertz CT molecular complexity index is 122. The predicted octanol–water partition coefficient (Wildman–Crippen LogP) is 1.21. The maximum atomic E-state index is 10.3. The minimum Gasteiger partial charge on any atom is -0.481 e. The number of rotatable bonds is 2. The van der Waals surface area contributed by atoms with Gasteiger partial charge < -0.3 is 5.11 Å². The number of aliphatic carboxylic acids is 1. The fourth-order valence-electron chi connectivity index (χ4n) is 0.961. The maximum Gasteiger partial charge on any atom is 0.308 e. The Balaban J connectivity index is 2.35. The Morgan fingerprint density at radius 1 is 1.89 bits per heavy atom. The summed E-state index contributed by atoms with van der Waals surface area (Å²) in [4.78, 5) is 10.3. The molecule has 0 aliphatic carbocycles. The van der Waals surface area contributed by atoms with Crippen molar-refractivity contribution in [2.75, 3.05) is 5.75 Å². The van der Waals surface area contributed by atoms with E-state index in [-0.39, 0.29) is 5.92 Å². The quantitative estimate of drug-likeness (QED) is 0.636. The summed E-state index contributed by atoms with van der Waals surface area (Å²) < 4.78 is 0. The lowest BCUT2D eigenvalue weighted by molar-refractivity contribution is -0.141. The second-order valence-corrected chi connectivity index (χ2v) is 3.50. The normalized spacial score (nSPS) is 33.4. The lowest BCUT2D eigenvalue weighted by atomic mass is 10.1. The summed E-state index contributed by atoms with van der Waals surface area (Å²) >= 11 is 1.76. The molecule has 0 bridgehead atoms. The molecule has 2 atom stereocenters. The molecule has 3 heteroatoms. The molecule has 1 heterocycles. The minimum atomic E-state index is -0.624. The third-order valence-electron chi connectivity index (χ3n) is 1.66. The van der Waals surface area contributed by atoms with E-state index in [9.17, 15) is 4.79 Å². The molecule has 9 heavy (non-hydrogen) atoms. The standard InChI is InChI=1S/C6H10O2S/c1-2-5-4(3-9-5)6(7)8/h4-5H,2-3H2,1H3,(H,7,8). The van der Waals surface area contributed by atoms with Crippen molar-refractivity contribution in [3.05, 3.63) is 0 Å². The van der Waals surface area contributed by atoms with E-state index in [0.717, 1.165) is 12.2 Å². The molecule has 0 spiro atoms. The first-order valence-electron chi connectivity index (χ1n) is 3.10. The fraction of sp³-hybridized carbons (Fsp3) is 0.833. The summed E-state index contributed by atoms with van der Waals surface area (Å²) in [6, 6.07) is 0. The molecule has 0 amide bonds. The SMILES string of the molecule is CCC1SCC1C(=O)O. The molecule has 0 aromatic heterocycles. The van der Waals surface area contributed by atoms with Crippen LogP contribution in [-0.2, 0) is 4.79 Å². The second-order valence-electron chi connectivity index (χ2n) is 2.22. The van der Waals surface area contributed by atoms with Crippen LogP contribution in [0, 0.1) is 5.92 Å². The number of carboxylic acid groups (broad SMARTS) is 1. The van der Waals surface area contributed by atoms with Crippen molar-refractivity contribution < 1.29 is 9.90 Å². The molecule has 0 aromatic rings. The molecule has 2 nitrogen and oxygen atoms in total. The van der Waals surface area contributed by atoms with Crippen LogP contribution in [0.3, 0.4) is 0 Å². The smallest absolute Gasteiger partial charge is 0.308 e. The average molecular weight is 146 g/mol. The van der Waals surface area contributed by atoms with Gasteiger partial charge in [0.15, 0.2) is 0 Å². The molecule has 1 aliphatic rings. The fourth-order valence-corrected chi connectivity index (χ4v) is 2.11. The van der Waals surface area contributed by atoms with Gasteiger partial charge in [0.1, 0.15) is 0 Å². The molecule has 1 rings (SSSR count). The van der Waals surface area contributed by atoms with Crippen molar-refractivity contribution in [2.24, 2.45) is 5.92 Å². The summed E-state index contributed by atoms with van der Waals surface area (Å²) in [5.41, 5.74) is 0. The number of hydrogen-bond donors (Lipinski definition) is 1. The van der Waals surface area contributed by atoms with Crippen molar-refractivity contribution in [3.63, 3.8) is 0 Å². The summed E-state index contributed by atoms with van der Waals surface area (Å²) in [5.74, 6) is 0.133. The van der Waals surface area contributed by atoms with Crippen LogP contribution >= 0.6 is 11.8 Å². The van der Waals surface area contributed by atoms with E-state index in [1.165, 1.54) is 0 Å². The predicted molar refractivity (Wildman–Crippen MR) is 37.7 cm³/mol. The zero-order valence-corrected chi connectivity index (χ0v) is 6.15. The highest BCUT2D eigenvalue weighted by Crippen LogP contribution is 2.36. The highest BCUT2D eigenvalue weighted by Gasteiger charge is 2.35. The van der Waals surface area contributed by atoms with Crippen molar-refractivity contribution >= 4 is 17.7 Å². The third-order valence-corrected chi connectivity index (χ3v) is 3.30. The van der Waals surface area contributed by atoms with Gasteiger partial charge in [-0.2, -0.15) is 11.8 Å². The van der Waals surface area contributed by atoms with Crippen molar-refractivity contribution in [3.8, 4) is 0 Å². The first-order chi connectivity index (χ1) is 4.25. The highest BCUT2D eigenvalue weighted by molar-refractivity contribution is 8.01. The molecule has 0 radical (unpaired) electrons. The first-order valence-corrected chi connectivity index (χ1v) is 4.15. The Morgan fingerprint density at radius 3 is 2.67 bits per heavy atom. The van der Waals surface area contributed by atoms with Gasteiger partial charge >= 0.3 is 5.97 Å². The molecule has 0 aromatic carbocycles. The van der Waals surface area contributed by atoms with E-state index < -0.39 is 5.97 Å². The number of thioether (sulfide) groups is 1. The molecular weight excluding hydrogens is 136 g/mol. The molecular formula is C6H10O2S. The molecule has 2 unspecified atom stereocenters. The van der Waals surface area contributed by atoms with Crippen LogP contribution in [-0.4, -0.2) is 22.1 Å². The van der Waals surface area contributed by atoms with Crippen LogP contribution < -0.4 is 0 Å². The molecule has 1 N–H and O–H groups in total. The van der Waals surface area contributed by atoms with Crippen molar-refractivity contribution in [2.45, 2.75) is 18.6 Å². The number of carbonyl (C=O) groups is 1. The van der Waals surface area contributed by atoms with Gasteiger partial charge in [-0.15, -0.1) is 0 Å². The summed E-state index contributed by atoms with van der Waals surface area (Å²) in [6.45, 7) is 2.03. The topological polar surface area (TPSA) is 37.3 Å². The van der Waals surface area contributed by atoms with Crippen molar-refractivity contribution in [1.29, 1.82) is 0 Å². The van der Waals surface area contributed by atoms with Crippen LogP contribution in [0.1, 0.15) is 13.3 Å². The Kier molecular flexibility index (Phi) is 2.01. The van der Waals surface area contributed by atoms with Gasteiger partial charge in [0.25, 0.3) is 0 Å². The molecule has 0 saturated carbocycles. The van der Waals surface area contributed by atoms with Crippen LogP contribution in [0.15, 0.2) is 0 Å². The van der Waals surface area contributed by atoms with Gasteiger partial charge in [0.2, 0.25) is 0 Å². The monoisotopic (exact) mass is 146 g/mol. The minimum absolute atomic E-state index is 0.0556. The molecule has 1 fully saturated rings. The van der Waals surface area contributed by atoms with E-state index in [4.69, 9.17) is 5.11 Å². The second kappa shape index (κ2) is 2.60. The Labute approximate surface area is 58.6 Å². The van der Waals surface area contributed by atoms with E-state index in [1.807, 2.05) is 6.92 Å². The van der Waals surface area contributed by atoms with Gasteiger partial charge in [-0.1, -0.05) is 6.92 Å².